The van der Waals surface area contributed by atoms with Crippen LogP contribution in [0.1, 0.15) is 42.1 Å². The Morgan fingerprint density at radius 1 is 1.19 bits per heavy atom. The largest absolute Gasteiger partial charge is 0.497 e. The van der Waals surface area contributed by atoms with E-state index in [4.69, 9.17) is 9.15 Å². The molecular formula is C23H23NO3. The number of para-hydroxylation sites is 1. The number of benzene rings is 2. The molecule has 27 heavy (non-hydrogen) atoms. The van der Waals surface area contributed by atoms with Crippen LogP contribution in [-0.4, -0.2) is 19.1 Å². The minimum atomic E-state index is 0.227. The van der Waals surface area contributed by atoms with Crippen molar-refractivity contribution in [3.63, 3.8) is 0 Å². The highest BCUT2D eigenvalue weighted by molar-refractivity contribution is 5.85. The van der Waals surface area contributed by atoms with Gasteiger partial charge in [-0.25, -0.2) is 0 Å². The van der Waals surface area contributed by atoms with E-state index < -0.39 is 0 Å². The molecule has 2 aliphatic rings. The van der Waals surface area contributed by atoms with Gasteiger partial charge in [0.1, 0.15) is 17.1 Å². The number of carbonyl (C=O) groups excluding carboxylic acids is 1. The number of amides is 1. The molecule has 0 saturated heterocycles. The standard InChI is InChI=1S/C23H23NO3/c1-26-16-6-4-5-14(11-16)12-21-22(17-7-2-3-8-20(17)27-21)18-13-19(18)24-23(25)15-9-10-15/h2-8,11,15,18-19H,9-10,12-13H2,1H3,(H,24,25)/t18-,19-/m1/s1. The fraction of sp³-hybridized carbons (Fsp3) is 0.348. The van der Waals surface area contributed by atoms with Crippen molar-refractivity contribution in [1.29, 1.82) is 0 Å². The van der Waals surface area contributed by atoms with Gasteiger partial charge in [-0.2, -0.15) is 0 Å². The highest BCUT2D eigenvalue weighted by Gasteiger charge is 2.44. The molecule has 2 aliphatic carbocycles. The Morgan fingerprint density at radius 3 is 2.85 bits per heavy atom. The van der Waals surface area contributed by atoms with Gasteiger partial charge in [0, 0.05) is 35.2 Å². The summed E-state index contributed by atoms with van der Waals surface area (Å²) in [6, 6.07) is 16.5. The molecule has 1 heterocycles. The second-order valence-electron chi connectivity index (χ2n) is 7.69. The predicted octanol–water partition coefficient (Wildman–Crippen LogP) is 4.41. The van der Waals surface area contributed by atoms with Gasteiger partial charge in [-0.15, -0.1) is 0 Å². The van der Waals surface area contributed by atoms with Crippen molar-refractivity contribution >= 4 is 16.9 Å². The number of methoxy groups -OCH3 is 1. The van der Waals surface area contributed by atoms with Gasteiger partial charge >= 0.3 is 0 Å². The van der Waals surface area contributed by atoms with Gasteiger partial charge in [-0.3, -0.25) is 4.79 Å². The first-order valence-corrected chi connectivity index (χ1v) is 9.66. The number of furan rings is 1. The van der Waals surface area contributed by atoms with Crippen LogP contribution in [0.3, 0.4) is 0 Å². The molecule has 2 fully saturated rings. The molecule has 0 unspecified atom stereocenters. The second-order valence-corrected chi connectivity index (χ2v) is 7.69. The highest BCUT2D eigenvalue weighted by atomic mass is 16.5. The Labute approximate surface area is 158 Å². The van der Waals surface area contributed by atoms with E-state index in [9.17, 15) is 4.79 Å². The number of rotatable bonds is 6. The van der Waals surface area contributed by atoms with E-state index in [0.717, 1.165) is 48.3 Å². The lowest BCUT2D eigenvalue weighted by atomic mass is 10.0. The summed E-state index contributed by atoms with van der Waals surface area (Å²) in [5.74, 6) is 2.67. The molecule has 5 rings (SSSR count). The van der Waals surface area contributed by atoms with E-state index in [1.54, 1.807) is 7.11 Å². The van der Waals surface area contributed by atoms with Gasteiger partial charge in [0.2, 0.25) is 5.91 Å². The molecule has 0 aliphatic heterocycles. The molecule has 2 saturated carbocycles. The van der Waals surface area contributed by atoms with Crippen molar-refractivity contribution in [1.82, 2.24) is 5.32 Å². The molecule has 0 radical (unpaired) electrons. The maximum absolute atomic E-state index is 12.1. The lowest BCUT2D eigenvalue weighted by Gasteiger charge is -2.07. The first-order chi connectivity index (χ1) is 13.2. The minimum Gasteiger partial charge on any atom is -0.497 e. The van der Waals surface area contributed by atoms with E-state index in [1.165, 1.54) is 10.9 Å². The quantitative estimate of drug-likeness (QED) is 0.707. The second kappa shape index (κ2) is 6.45. The summed E-state index contributed by atoms with van der Waals surface area (Å²) in [5.41, 5.74) is 3.34. The molecule has 138 valence electrons. The van der Waals surface area contributed by atoms with Gasteiger partial charge in [-0.1, -0.05) is 30.3 Å². The predicted molar refractivity (Wildman–Crippen MR) is 104 cm³/mol. The zero-order chi connectivity index (χ0) is 18.4. The Bertz CT molecular complexity index is 1000. The van der Waals surface area contributed by atoms with Crippen molar-refractivity contribution in [2.24, 2.45) is 5.92 Å². The van der Waals surface area contributed by atoms with Crippen molar-refractivity contribution in [3.05, 3.63) is 65.4 Å². The summed E-state index contributed by atoms with van der Waals surface area (Å²) < 4.78 is 11.6. The summed E-state index contributed by atoms with van der Waals surface area (Å²) in [6.07, 6.45) is 3.80. The average molecular weight is 361 g/mol. The summed E-state index contributed by atoms with van der Waals surface area (Å²) in [6.45, 7) is 0. The van der Waals surface area contributed by atoms with Crippen LogP contribution in [-0.2, 0) is 11.2 Å². The van der Waals surface area contributed by atoms with Crippen LogP contribution in [0, 0.1) is 5.92 Å². The minimum absolute atomic E-state index is 0.227. The molecule has 4 heteroatoms. The molecule has 1 amide bonds. The number of hydrogen-bond acceptors (Lipinski definition) is 3. The molecule has 3 aromatic rings. The molecule has 0 bridgehead atoms. The van der Waals surface area contributed by atoms with E-state index >= 15 is 0 Å². The SMILES string of the molecule is COc1cccc(Cc2oc3ccccc3c2[C@@H]2C[C@H]2NC(=O)C2CC2)c1. The third-order valence-corrected chi connectivity index (χ3v) is 5.65. The molecule has 1 aromatic heterocycles. The monoisotopic (exact) mass is 361 g/mol. The van der Waals surface area contributed by atoms with Crippen LogP contribution in [0.5, 0.6) is 5.75 Å². The van der Waals surface area contributed by atoms with Crippen molar-refractivity contribution in [3.8, 4) is 5.75 Å². The summed E-state index contributed by atoms with van der Waals surface area (Å²) in [7, 11) is 1.68. The number of nitrogens with one attached hydrogen (secondary N) is 1. The van der Waals surface area contributed by atoms with E-state index in [0.29, 0.717) is 5.92 Å². The molecule has 4 nitrogen and oxygen atoms in total. The number of hydrogen-bond donors (Lipinski definition) is 1. The Kier molecular flexibility index (Phi) is 3.92. The van der Waals surface area contributed by atoms with Gasteiger partial charge in [0.15, 0.2) is 0 Å². The average Bonchev–Trinajstić information content (AvgIpc) is 3.60. The van der Waals surface area contributed by atoms with Crippen LogP contribution in [0.4, 0.5) is 0 Å². The first kappa shape index (κ1) is 16.4. The van der Waals surface area contributed by atoms with Gasteiger partial charge < -0.3 is 14.5 Å². The lowest BCUT2D eigenvalue weighted by Crippen LogP contribution is -2.27. The smallest absolute Gasteiger partial charge is 0.223 e. The Hall–Kier alpha value is -2.75. The van der Waals surface area contributed by atoms with Crippen molar-refractivity contribution in [2.45, 2.75) is 37.6 Å². The van der Waals surface area contributed by atoms with Gasteiger partial charge in [-0.05, 0) is 43.0 Å². The Morgan fingerprint density at radius 2 is 2.04 bits per heavy atom. The van der Waals surface area contributed by atoms with Crippen LogP contribution in [0.2, 0.25) is 0 Å². The van der Waals surface area contributed by atoms with Crippen LogP contribution in [0.25, 0.3) is 11.0 Å². The van der Waals surface area contributed by atoms with Gasteiger partial charge in [0.05, 0.1) is 7.11 Å². The molecule has 0 spiro atoms. The summed E-state index contributed by atoms with van der Waals surface area (Å²) in [4.78, 5) is 12.1. The first-order valence-electron chi connectivity index (χ1n) is 9.66. The van der Waals surface area contributed by atoms with E-state index in [1.807, 2.05) is 24.3 Å². The van der Waals surface area contributed by atoms with Gasteiger partial charge in [0.25, 0.3) is 0 Å². The third kappa shape index (κ3) is 3.20. The fourth-order valence-corrected chi connectivity index (χ4v) is 3.94. The maximum Gasteiger partial charge on any atom is 0.223 e. The zero-order valence-corrected chi connectivity index (χ0v) is 15.4. The number of carbonyl (C=O) groups is 1. The molecular weight excluding hydrogens is 338 g/mol. The molecule has 2 atom stereocenters. The maximum atomic E-state index is 12.1. The normalized spacial score (nSPS) is 21.2. The third-order valence-electron chi connectivity index (χ3n) is 5.65. The van der Waals surface area contributed by atoms with Crippen LogP contribution in [0.15, 0.2) is 52.9 Å². The van der Waals surface area contributed by atoms with E-state index in [-0.39, 0.29) is 17.9 Å². The lowest BCUT2D eigenvalue weighted by molar-refractivity contribution is -0.122. The Balaban J connectivity index is 1.45. The highest BCUT2D eigenvalue weighted by Crippen LogP contribution is 2.47. The fourth-order valence-electron chi connectivity index (χ4n) is 3.94. The zero-order valence-electron chi connectivity index (χ0n) is 15.4. The summed E-state index contributed by atoms with van der Waals surface area (Å²) in [5, 5.41) is 4.40. The topological polar surface area (TPSA) is 51.5 Å². The molecule has 2 aromatic carbocycles. The van der Waals surface area contributed by atoms with Crippen LogP contribution < -0.4 is 10.1 Å². The number of fused-ring (bicyclic) bond motifs is 1. The molecule has 1 N–H and O–H groups in total. The number of ether oxygens (including phenoxy) is 1. The van der Waals surface area contributed by atoms with Crippen molar-refractivity contribution < 1.29 is 13.9 Å². The van der Waals surface area contributed by atoms with Crippen molar-refractivity contribution in [2.75, 3.05) is 7.11 Å². The van der Waals surface area contributed by atoms with E-state index in [2.05, 4.69) is 29.6 Å². The summed E-state index contributed by atoms with van der Waals surface area (Å²) >= 11 is 0. The van der Waals surface area contributed by atoms with Crippen LogP contribution >= 0.6 is 0 Å².